The van der Waals surface area contributed by atoms with E-state index in [-0.39, 0.29) is 30.0 Å². The molecule has 4 heterocycles. The van der Waals surface area contributed by atoms with Crippen molar-refractivity contribution in [3.05, 3.63) is 36.2 Å². The van der Waals surface area contributed by atoms with Crippen molar-refractivity contribution in [1.82, 2.24) is 15.3 Å². The van der Waals surface area contributed by atoms with E-state index in [1.807, 2.05) is 0 Å². The van der Waals surface area contributed by atoms with Gasteiger partial charge in [0.25, 0.3) is 11.8 Å². The fraction of sp³-hybridized carbons (Fsp3) is 0.455. The van der Waals surface area contributed by atoms with E-state index in [1.54, 1.807) is 6.07 Å². The first kappa shape index (κ1) is 24.5. The molecule has 11 nitrogen and oxygen atoms in total. The van der Waals surface area contributed by atoms with E-state index in [2.05, 4.69) is 25.5 Å². The minimum atomic E-state index is -3.07. The number of fused-ring (bicyclic) bond motifs is 4. The van der Waals surface area contributed by atoms with E-state index in [4.69, 9.17) is 9.84 Å². The van der Waals surface area contributed by atoms with Gasteiger partial charge in [0, 0.05) is 32.3 Å². The summed E-state index contributed by atoms with van der Waals surface area (Å²) in [6, 6.07) is 5.38. The van der Waals surface area contributed by atoms with E-state index in [0.29, 0.717) is 37.9 Å². The number of ether oxygens (including phenoxy) is 1. The van der Waals surface area contributed by atoms with Crippen LogP contribution in [0.25, 0.3) is 0 Å². The topological polar surface area (TPSA) is 140 Å². The number of hydrogen-bond acceptors (Lipinski definition) is 8. The van der Waals surface area contributed by atoms with Crippen LogP contribution in [0.4, 0.5) is 30.9 Å². The molecule has 3 amide bonds. The van der Waals surface area contributed by atoms with Crippen LogP contribution in [-0.2, 0) is 0 Å². The Morgan fingerprint density at radius 3 is 2.89 bits per heavy atom. The number of rotatable bonds is 8. The maximum atomic E-state index is 13.3. The molecule has 2 aromatic heterocycles. The Kier molecular flexibility index (Phi) is 6.98. The lowest BCUT2D eigenvalue weighted by Crippen LogP contribution is -2.48. The Morgan fingerprint density at radius 2 is 2.14 bits per heavy atom. The maximum absolute atomic E-state index is 13.3. The summed E-state index contributed by atoms with van der Waals surface area (Å²) < 4.78 is 31.7. The average Bonchev–Trinajstić information content (AvgIpc) is 3.24. The molecule has 2 bridgehead atoms. The Morgan fingerprint density at radius 1 is 1.34 bits per heavy atom. The molecule has 1 saturated heterocycles. The number of halogens is 2. The average molecular weight is 492 g/mol. The van der Waals surface area contributed by atoms with Crippen LogP contribution in [-0.4, -0.2) is 83.0 Å². The van der Waals surface area contributed by atoms with Gasteiger partial charge in [-0.1, -0.05) is 0 Å². The minimum Gasteiger partial charge on any atom is -0.491 e. The highest BCUT2D eigenvalue weighted by atomic mass is 19.3. The molecule has 13 heteroatoms. The van der Waals surface area contributed by atoms with E-state index >= 15 is 0 Å². The Bertz CT molecular complexity index is 1100. The van der Waals surface area contributed by atoms with Crippen LogP contribution in [0.5, 0.6) is 5.75 Å². The predicted molar refractivity (Wildman–Crippen MR) is 122 cm³/mol. The number of pyridine rings is 2. The van der Waals surface area contributed by atoms with Crippen molar-refractivity contribution < 1.29 is 33.3 Å². The largest absolute Gasteiger partial charge is 0.491 e. The molecule has 2 aliphatic heterocycles. The van der Waals surface area contributed by atoms with Crippen LogP contribution in [0, 0.1) is 0 Å². The van der Waals surface area contributed by atoms with Gasteiger partial charge in [-0.15, -0.1) is 0 Å². The van der Waals surface area contributed by atoms with Crippen molar-refractivity contribution in [2.24, 2.45) is 0 Å². The molecule has 2 atom stereocenters. The minimum absolute atomic E-state index is 0.0794. The molecular formula is C22H26F2N6O5. The number of aliphatic hydroxyl groups excluding tert-OH is 2. The summed E-state index contributed by atoms with van der Waals surface area (Å²) in [5, 5.41) is 23.2. The first-order valence-corrected chi connectivity index (χ1v) is 11.0. The smallest absolute Gasteiger partial charge is 0.329 e. The summed E-state index contributed by atoms with van der Waals surface area (Å²) in [6.07, 6.45) is 1.06. The summed E-state index contributed by atoms with van der Waals surface area (Å²) >= 11 is 0. The van der Waals surface area contributed by atoms with Crippen LogP contribution < -0.4 is 25.2 Å². The van der Waals surface area contributed by atoms with Crippen molar-refractivity contribution in [1.29, 1.82) is 0 Å². The Labute approximate surface area is 199 Å². The molecule has 35 heavy (non-hydrogen) atoms. The lowest BCUT2D eigenvalue weighted by atomic mass is 10.1. The third-order valence-corrected chi connectivity index (χ3v) is 5.58. The van der Waals surface area contributed by atoms with E-state index < -0.39 is 37.1 Å². The number of aliphatic hydroxyl groups is 2. The maximum Gasteiger partial charge on any atom is 0.329 e. The molecule has 0 aliphatic carbocycles. The highest BCUT2D eigenvalue weighted by molar-refractivity contribution is 6.05. The van der Waals surface area contributed by atoms with Crippen LogP contribution in [0.15, 0.2) is 30.5 Å². The molecule has 0 saturated carbocycles. The zero-order chi connectivity index (χ0) is 25.2. The SMILES string of the molecule is CC(F)(F)CNC(=O)c1ccc2c(n1)N(C(=O)Nc1cc(OCC(O)CO)ccn1)[C@H]1CCN2C1. The molecule has 4 rings (SSSR count). The van der Waals surface area contributed by atoms with Crippen molar-refractivity contribution >= 4 is 29.3 Å². The highest BCUT2D eigenvalue weighted by Crippen LogP contribution is 2.39. The van der Waals surface area contributed by atoms with E-state index in [1.165, 1.54) is 29.3 Å². The Balaban J connectivity index is 1.53. The monoisotopic (exact) mass is 492 g/mol. The summed E-state index contributed by atoms with van der Waals surface area (Å²) in [6.45, 7) is 0.576. The van der Waals surface area contributed by atoms with Gasteiger partial charge in [0.15, 0.2) is 5.82 Å². The number of amides is 3. The summed E-state index contributed by atoms with van der Waals surface area (Å²) in [7, 11) is 0. The molecule has 2 aromatic rings. The van der Waals surface area contributed by atoms with Crippen molar-refractivity contribution in [3.8, 4) is 5.75 Å². The first-order chi connectivity index (χ1) is 16.6. The van der Waals surface area contributed by atoms with Gasteiger partial charge in [0.05, 0.1) is 24.9 Å². The van der Waals surface area contributed by atoms with Crippen LogP contribution in [0.1, 0.15) is 23.8 Å². The lowest BCUT2D eigenvalue weighted by Gasteiger charge is -2.35. The van der Waals surface area contributed by atoms with Gasteiger partial charge in [0.2, 0.25) is 0 Å². The zero-order valence-electron chi connectivity index (χ0n) is 18.9. The number of hydrogen-bond donors (Lipinski definition) is 4. The second-order valence-electron chi connectivity index (χ2n) is 8.50. The van der Waals surface area contributed by atoms with Crippen LogP contribution in [0.2, 0.25) is 0 Å². The Hall–Kier alpha value is -3.58. The van der Waals surface area contributed by atoms with Gasteiger partial charge < -0.3 is 25.2 Å². The summed E-state index contributed by atoms with van der Waals surface area (Å²) in [5.74, 6) is -3.06. The third-order valence-electron chi connectivity index (χ3n) is 5.58. The fourth-order valence-electron chi connectivity index (χ4n) is 3.91. The number of nitrogens with zero attached hydrogens (tertiary/aromatic N) is 4. The van der Waals surface area contributed by atoms with Crippen molar-refractivity contribution in [3.63, 3.8) is 0 Å². The normalized spacial score (nSPS) is 17.6. The second kappa shape index (κ2) is 9.96. The first-order valence-electron chi connectivity index (χ1n) is 11.0. The van der Waals surface area contributed by atoms with Gasteiger partial charge in [-0.3, -0.25) is 15.0 Å². The standard InChI is InChI=1S/C22H26F2N6O5/c1-22(23,24)12-26-20(33)16-2-3-17-19(27-16)30(13-5-7-29(17)9-13)21(34)28-18-8-15(4-6-25-18)35-11-14(32)10-31/h2-4,6,8,13-14,31-32H,5,7,9-12H2,1H3,(H,26,33)(H,25,28,34)/t13-,14?/m0/s1. The molecule has 1 unspecified atom stereocenters. The second-order valence-corrected chi connectivity index (χ2v) is 8.50. The third kappa shape index (κ3) is 5.74. The van der Waals surface area contributed by atoms with Crippen LogP contribution >= 0.6 is 0 Å². The number of carbonyl (C=O) groups is 2. The molecule has 0 radical (unpaired) electrons. The fourth-order valence-corrected chi connectivity index (χ4v) is 3.91. The molecule has 2 aliphatic rings. The molecule has 0 aromatic carbocycles. The van der Waals surface area contributed by atoms with Gasteiger partial charge in [-0.05, 0) is 24.6 Å². The molecule has 4 N–H and O–H groups in total. The molecule has 1 fully saturated rings. The summed E-state index contributed by atoms with van der Waals surface area (Å²) in [5.41, 5.74) is 0.582. The quantitative estimate of drug-likeness (QED) is 0.431. The number of urea groups is 1. The molecular weight excluding hydrogens is 466 g/mol. The number of carbonyl (C=O) groups excluding carboxylic acids is 2. The van der Waals surface area contributed by atoms with E-state index in [0.717, 1.165) is 0 Å². The predicted octanol–water partition coefficient (Wildman–Crippen LogP) is 1.22. The number of nitrogens with one attached hydrogen (secondary N) is 2. The van der Waals surface area contributed by atoms with Crippen molar-refractivity contribution in [2.45, 2.75) is 31.4 Å². The molecule has 0 spiro atoms. The lowest BCUT2D eigenvalue weighted by molar-refractivity contribution is 0.0220. The highest BCUT2D eigenvalue weighted by Gasteiger charge is 2.40. The van der Waals surface area contributed by atoms with Gasteiger partial charge in [0.1, 0.15) is 30.0 Å². The summed E-state index contributed by atoms with van der Waals surface area (Å²) in [4.78, 5) is 37.6. The van der Waals surface area contributed by atoms with Gasteiger partial charge >= 0.3 is 6.03 Å². The molecule has 188 valence electrons. The zero-order valence-corrected chi connectivity index (χ0v) is 18.9. The van der Waals surface area contributed by atoms with E-state index in [9.17, 15) is 23.5 Å². The number of aromatic nitrogens is 2. The van der Waals surface area contributed by atoms with Gasteiger partial charge in [-0.25, -0.2) is 23.5 Å². The van der Waals surface area contributed by atoms with Crippen LogP contribution in [0.3, 0.4) is 0 Å². The van der Waals surface area contributed by atoms with Gasteiger partial charge in [-0.2, -0.15) is 0 Å². The van der Waals surface area contributed by atoms with Crippen molar-refractivity contribution in [2.75, 3.05) is 48.0 Å². The number of alkyl halides is 2. The number of anilines is 3.